The first-order valence-electron chi connectivity index (χ1n) is 11.1. The topological polar surface area (TPSA) is 89.5 Å². The first-order chi connectivity index (χ1) is 16.5. The van der Waals surface area contributed by atoms with Crippen molar-refractivity contribution in [3.8, 4) is 11.6 Å². The molecular formula is C24H23ClFN5O3. The highest BCUT2D eigenvalue weighted by Crippen LogP contribution is 2.35. The smallest absolute Gasteiger partial charge is 0.246 e. The summed E-state index contributed by atoms with van der Waals surface area (Å²) in [5.74, 6) is 0.882. The Kier molecular flexibility index (Phi) is 6.19. The molecule has 1 aliphatic heterocycles. The van der Waals surface area contributed by atoms with Gasteiger partial charge in [-0.15, -0.1) is 0 Å². The van der Waals surface area contributed by atoms with E-state index in [1.807, 2.05) is 0 Å². The van der Waals surface area contributed by atoms with Crippen molar-refractivity contribution >= 4 is 40.0 Å². The van der Waals surface area contributed by atoms with Crippen LogP contribution in [0.5, 0.6) is 11.6 Å². The highest BCUT2D eigenvalue weighted by Gasteiger charge is 2.27. The number of hydrogen-bond donors (Lipinski definition) is 1. The normalized spacial score (nSPS) is 17.6. The molecule has 5 rings (SSSR count). The molecule has 2 fully saturated rings. The van der Waals surface area contributed by atoms with Gasteiger partial charge in [-0.3, -0.25) is 4.79 Å². The van der Waals surface area contributed by atoms with E-state index in [4.69, 9.17) is 21.1 Å². The van der Waals surface area contributed by atoms with E-state index in [-0.39, 0.29) is 17.7 Å². The molecule has 1 N–H and O–H groups in total. The summed E-state index contributed by atoms with van der Waals surface area (Å²) in [6.45, 7) is 5.11. The van der Waals surface area contributed by atoms with E-state index in [1.165, 1.54) is 24.5 Å². The second-order valence-corrected chi connectivity index (χ2v) is 8.81. The van der Waals surface area contributed by atoms with E-state index in [2.05, 4.69) is 26.8 Å². The van der Waals surface area contributed by atoms with Crippen molar-refractivity contribution in [3.05, 3.63) is 54.1 Å². The fourth-order valence-electron chi connectivity index (χ4n) is 3.76. The number of nitrogens with one attached hydrogen (secondary N) is 1. The van der Waals surface area contributed by atoms with Crippen molar-refractivity contribution < 1.29 is 18.7 Å². The molecule has 1 aromatic carbocycles. The molecule has 0 spiro atoms. The van der Waals surface area contributed by atoms with Gasteiger partial charge in [0.15, 0.2) is 5.82 Å². The van der Waals surface area contributed by atoms with Crippen LogP contribution in [0, 0.1) is 11.7 Å². The number of hydrogen-bond acceptors (Lipinski definition) is 7. The number of amides is 1. The molecule has 1 saturated heterocycles. The molecule has 2 aromatic heterocycles. The number of likely N-dealkylation sites (tertiary alicyclic amines) is 1. The number of aromatic nitrogens is 3. The fraction of sp³-hybridized carbons (Fsp3) is 0.333. The first kappa shape index (κ1) is 22.3. The van der Waals surface area contributed by atoms with E-state index in [0.717, 1.165) is 12.8 Å². The summed E-state index contributed by atoms with van der Waals surface area (Å²) in [5.41, 5.74) is 1.13. The molecule has 2 aliphatic rings. The Balaban J connectivity index is 1.35. The number of fused-ring (bicyclic) bond motifs is 1. The number of carbonyl (C=O) groups excluding carboxylic acids is 1. The molecule has 8 nitrogen and oxygen atoms in total. The highest BCUT2D eigenvalue weighted by molar-refractivity contribution is 6.32. The molecular weight excluding hydrogens is 461 g/mol. The monoisotopic (exact) mass is 483 g/mol. The second kappa shape index (κ2) is 9.42. The van der Waals surface area contributed by atoms with Crippen LogP contribution >= 0.6 is 11.6 Å². The molecule has 0 unspecified atom stereocenters. The Bertz CT molecular complexity index is 1250. The maximum Gasteiger partial charge on any atom is 0.246 e. The lowest BCUT2D eigenvalue weighted by Crippen LogP contribution is -2.29. The number of nitrogens with zero attached hydrogens (tertiary/aromatic N) is 4. The minimum atomic E-state index is -0.521. The van der Waals surface area contributed by atoms with Crippen LogP contribution in [0.15, 0.2) is 43.2 Å². The molecule has 1 atom stereocenters. The van der Waals surface area contributed by atoms with Crippen molar-refractivity contribution in [2.75, 3.05) is 25.0 Å². The van der Waals surface area contributed by atoms with E-state index in [1.54, 1.807) is 17.0 Å². The van der Waals surface area contributed by atoms with Gasteiger partial charge < -0.3 is 19.7 Å². The third kappa shape index (κ3) is 4.89. The van der Waals surface area contributed by atoms with Gasteiger partial charge in [0, 0.05) is 25.1 Å². The quantitative estimate of drug-likeness (QED) is 0.471. The molecule has 1 aliphatic carbocycles. The molecule has 10 heteroatoms. The van der Waals surface area contributed by atoms with Crippen LogP contribution in [0.3, 0.4) is 0 Å². The standard InChI is InChI=1S/C24H23ClFN5O3/c1-2-22(32)31-8-7-15(11-31)34-21-6-5-18-23(30-21)24(28-13-27-18)29-19-9-16(25)20(10-17(19)26)33-12-14-3-4-14/h2,5-6,9-10,13-15H,1,3-4,7-8,11-12H2,(H,27,28,29)/t15-/m0/s1. The van der Waals surface area contributed by atoms with Crippen LogP contribution in [-0.4, -0.2) is 51.6 Å². The number of rotatable bonds is 8. The number of pyridine rings is 1. The Morgan fingerprint density at radius 1 is 1.29 bits per heavy atom. The van der Waals surface area contributed by atoms with Gasteiger partial charge in [0.1, 0.15) is 29.5 Å². The van der Waals surface area contributed by atoms with Gasteiger partial charge in [-0.25, -0.2) is 19.3 Å². The largest absolute Gasteiger partial charge is 0.492 e. The maximum absolute atomic E-state index is 14.8. The minimum absolute atomic E-state index is 0.123. The lowest BCUT2D eigenvalue weighted by Gasteiger charge is -2.16. The third-order valence-electron chi connectivity index (χ3n) is 5.82. The van der Waals surface area contributed by atoms with Gasteiger partial charge in [0.05, 0.1) is 29.4 Å². The molecule has 3 heterocycles. The van der Waals surface area contributed by atoms with Crippen LogP contribution in [0.4, 0.5) is 15.9 Å². The van der Waals surface area contributed by atoms with E-state index >= 15 is 0 Å². The summed E-state index contributed by atoms with van der Waals surface area (Å²) in [7, 11) is 0. The SMILES string of the molecule is C=CC(=O)N1CC[C@H](Oc2ccc3ncnc(Nc4cc(Cl)c(OCC5CC5)cc4F)c3n2)C1. The Morgan fingerprint density at radius 3 is 2.94 bits per heavy atom. The predicted octanol–water partition coefficient (Wildman–Crippen LogP) is 4.52. The number of benzene rings is 1. The Hall–Kier alpha value is -3.46. The van der Waals surface area contributed by atoms with Crippen molar-refractivity contribution in [2.45, 2.75) is 25.4 Å². The molecule has 34 heavy (non-hydrogen) atoms. The summed E-state index contributed by atoms with van der Waals surface area (Å²) in [5, 5.41) is 3.27. The molecule has 3 aromatic rings. The minimum Gasteiger partial charge on any atom is -0.492 e. The molecule has 0 radical (unpaired) electrons. The maximum atomic E-state index is 14.8. The van der Waals surface area contributed by atoms with Crippen molar-refractivity contribution in [1.29, 1.82) is 0 Å². The van der Waals surface area contributed by atoms with Crippen molar-refractivity contribution in [1.82, 2.24) is 19.9 Å². The number of anilines is 2. The summed E-state index contributed by atoms with van der Waals surface area (Å²) >= 11 is 6.32. The fourth-order valence-corrected chi connectivity index (χ4v) is 3.98. The van der Waals surface area contributed by atoms with Crippen molar-refractivity contribution in [2.24, 2.45) is 5.92 Å². The van der Waals surface area contributed by atoms with Crippen LogP contribution in [0.25, 0.3) is 11.0 Å². The van der Waals surface area contributed by atoms with Crippen LogP contribution in [-0.2, 0) is 4.79 Å². The average Bonchev–Trinajstić information content (AvgIpc) is 3.56. The van der Waals surface area contributed by atoms with E-state index in [0.29, 0.717) is 65.5 Å². The Morgan fingerprint density at radius 2 is 2.15 bits per heavy atom. The van der Waals surface area contributed by atoms with Crippen molar-refractivity contribution in [3.63, 3.8) is 0 Å². The third-order valence-corrected chi connectivity index (χ3v) is 6.12. The zero-order chi connectivity index (χ0) is 23.7. The van der Waals surface area contributed by atoms with Gasteiger partial charge >= 0.3 is 0 Å². The van der Waals surface area contributed by atoms with Crippen LogP contribution in [0.1, 0.15) is 19.3 Å². The van der Waals surface area contributed by atoms with Gasteiger partial charge in [-0.1, -0.05) is 18.2 Å². The second-order valence-electron chi connectivity index (χ2n) is 8.40. The number of ether oxygens (including phenoxy) is 2. The zero-order valence-electron chi connectivity index (χ0n) is 18.3. The summed E-state index contributed by atoms with van der Waals surface area (Å²) in [6.07, 6.45) is 5.43. The average molecular weight is 484 g/mol. The molecule has 0 bridgehead atoms. The van der Waals surface area contributed by atoms with Gasteiger partial charge in [-0.05, 0) is 37.0 Å². The Labute approximate surface area is 200 Å². The van der Waals surface area contributed by atoms with Gasteiger partial charge in [-0.2, -0.15) is 0 Å². The molecule has 1 saturated carbocycles. The lowest BCUT2D eigenvalue weighted by atomic mass is 10.2. The van der Waals surface area contributed by atoms with E-state index in [9.17, 15) is 9.18 Å². The van der Waals surface area contributed by atoms with Gasteiger partial charge in [0.2, 0.25) is 11.8 Å². The number of halogens is 2. The highest BCUT2D eigenvalue weighted by atomic mass is 35.5. The summed E-state index contributed by atoms with van der Waals surface area (Å²) in [6, 6.07) is 6.21. The van der Waals surface area contributed by atoms with Crippen LogP contribution in [0.2, 0.25) is 5.02 Å². The summed E-state index contributed by atoms with van der Waals surface area (Å²) in [4.78, 5) is 26.5. The summed E-state index contributed by atoms with van der Waals surface area (Å²) < 4.78 is 26.4. The van der Waals surface area contributed by atoms with Crippen LogP contribution < -0.4 is 14.8 Å². The first-order valence-corrected chi connectivity index (χ1v) is 11.5. The zero-order valence-corrected chi connectivity index (χ0v) is 19.1. The van der Waals surface area contributed by atoms with E-state index < -0.39 is 5.82 Å². The lowest BCUT2D eigenvalue weighted by molar-refractivity contribution is -0.125. The van der Waals surface area contributed by atoms with Gasteiger partial charge in [0.25, 0.3) is 0 Å². The molecule has 1 amide bonds. The number of carbonyl (C=O) groups is 1. The molecule has 176 valence electrons. The predicted molar refractivity (Wildman–Crippen MR) is 126 cm³/mol.